The highest BCUT2D eigenvalue weighted by atomic mass is 32.2. The second-order valence-corrected chi connectivity index (χ2v) is 8.19. The molecule has 0 aromatic heterocycles. The van der Waals surface area contributed by atoms with Gasteiger partial charge in [0.15, 0.2) is 9.84 Å². The molecule has 0 radical (unpaired) electrons. The maximum absolute atomic E-state index is 11.9. The van der Waals surface area contributed by atoms with Crippen molar-refractivity contribution in [3.8, 4) is 0 Å². The third-order valence-electron chi connectivity index (χ3n) is 4.03. The molecule has 7 heteroatoms. The molecule has 1 atom stereocenters. The average molecular weight is 303 g/mol. The minimum atomic E-state index is -3.17. The molecule has 2 fully saturated rings. The lowest BCUT2D eigenvalue weighted by atomic mass is 10.2. The molecule has 0 aromatic rings. The summed E-state index contributed by atoms with van der Waals surface area (Å²) in [7, 11) is -3.17. The summed E-state index contributed by atoms with van der Waals surface area (Å²) < 4.78 is 23.7. The molecule has 3 N–H and O–H groups in total. The van der Waals surface area contributed by atoms with Crippen molar-refractivity contribution in [2.75, 3.05) is 31.1 Å². The topological polar surface area (TPSA) is 92.5 Å². The van der Waals surface area contributed by atoms with Crippen LogP contribution in [0, 0.1) is 0 Å². The Morgan fingerprint density at radius 2 is 2.00 bits per heavy atom. The van der Waals surface area contributed by atoms with Crippen LogP contribution in [-0.4, -0.2) is 62.4 Å². The third-order valence-corrected chi connectivity index (χ3v) is 5.66. The van der Waals surface area contributed by atoms with Gasteiger partial charge >= 0.3 is 0 Å². The van der Waals surface area contributed by atoms with E-state index in [0.29, 0.717) is 18.6 Å². The lowest BCUT2D eigenvalue weighted by Gasteiger charge is -2.25. The lowest BCUT2D eigenvalue weighted by Crippen LogP contribution is -2.41. The van der Waals surface area contributed by atoms with Gasteiger partial charge in [0.05, 0.1) is 11.5 Å². The monoisotopic (exact) mass is 303 g/mol. The predicted molar refractivity (Wildman–Crippen MR) is 78.1 cm³/mol. The molecule has 6 nitrogen and oxygen atoms in total. The zero-order valence-electron chi connectivity index (χ0n) is 11.9. The minimum Gasteiger partial charge on any atom is -0.370 e. The molecule has 1 amide bonds. The number of hydrogen-bond donors (Lipinski definition) is 2. The van der Waals surface area contributed by atoms with Crippen molar-refractivity contribution in [2.45, 2.75) is 44.2 Å². The summed E-state index contributed by atoms with van der Waals surface area (Å²) in [5.41, 5.74) is 5.00. The van der Waals surface area contributed by atoms with E-state index in [1.54, 1.807) is 0 Å². The molecular formula is C13H25N3O3S. The molecule has 1 aliphatic heterocycles. The van der Waals surface area contributed by atoms with E-state index in [0.717, 1.165) is 13.1 Å². The highest BCUT2D eigenvalue weighted by Crippen LogP contribution is 2.27. The van der Waals surface area contributed by atoms with Crippen LogP contribution in [0.3, 0.4) is 0 Å². The number of amides is 1. The van der Waals surface area contributed by atoms with Gasteiger partial charge in [-0.25, -0.2) is 8.42 Å². The summed E-state index contributed by atoms with van der Waals surface area (Å²) in [6.45, 7) is 2.58. The standard InChI is InChI=1S/C13H25N3O3S/c14-13(17)5-8-20(18,19)9-7-16(12-3-4-12)10-11-2-1-6-15-11/h11-12,15H,1-10H2,(H2,14,17). The number of nitrogens with one attached hydrogen (secondary N) is 1. The van der Waals surface area contributed by atoms with Gasteiger partial charge in [-0.15, -0.1) is 0 Å². The zero-order chi connectivity index (χ0) is 14.6. The summed E-state index contributed by atoms with van der Waals surface area (Å²) in [6.07, 6.45) is 4.66. The smallest absolute Gasteiger partial charge is 0.218 e. The van der Waals surface area contributed by atoms with Crippen molar-refractivity contribution < 1.29 is 13.2 Å². The van der Waals surface area contributed by atoms with Gasteiger partial charge in [0, 0.05) is 31.6 Å². The fraction of sp³-hybridized carbons (Fsp3) is 0.923. The maximum Gasteiger partial charge on any atom is 0.218 e. The second kappa shape index (κ2) is 6.87. The number of nitrogens with two attached hydrogens (primary N) is 1. The van der Waals surface area contributed by atoms with Gasteiger partial charge in [-0.3, -0.25) is 9.69 Å². The fourth-order valence-electron chi connectivity index (χ4n) is 2.67. The zero-order valence-corrected chi connectivity index (χ0v) is 12.7. The third kappa shape index (κ3) is 5.38. The van der Waals surface area contributed by atoms with Crippen molar-refractivity contribution in [3.63, 3.8) is 0 Å². The summed E-state index contributed by atoms with van der Waals surface area (Å²) in [5, 5.41) is 3.45. The van der Waals surface area contributed by atoms with E-state index in [-0.39, 0.29) is 17.9 Å². The number of sulfone groups is 1. The van der Waals surface area contributed by atoms with E-state index in [9.17, 15) is 13.2 Å². The molecular weight excluding hydrogens is 278 g/mol. The molecule has 1 saturated carbocycles. The SMILES string of the molecule is NC(=O)CCS(=O)(=O)CCN(CC1CCCN1)C1CC1. The summed E-state index contributed by atoms with van der Waals surface area (Å²) in [6, 6.07) is 1.06. The molecule has 1 unspecified atom stereocenters. The van der Waals surface area contributed by atoms with Gasteiger partial charge in [-0.1, -0.05) is 0 Å². The Kier molecular flexibility index (Phi) is 5.40. The minimum absolute atomic E-state index is 0.0735. The summed E-state index contributed by atoms with van der Waals surface area (Å²) in [4.78, 5) is 13.0. The Bertz CT molecular complexity index is 428. The highest BCUT2D eigenvalue weighted by Gasteiger charge is 2.31. The fourth-order valence-corrected chi connectivity index (χ4v) is 3.90. The van der Waals surface area contributed by atoms with Crippen LogP contribution >= 0.6 is 0 Å². The quantitative estimate of drug-likeness (QED) is 0.599. The first-order chi connectivity index (χ1) is 9.46. The predicted octanol–water partition coefficient (Wildman–Crippen LogP) is -0.507. The van der Waals surface area contributed by atoms with Crippen molar-refractivity contribution in [1.82, 2.24) is 10.2 Å². The van der Waals surface area contributed by atoms with Crippen LogP contribution in [0.15, 0.2) is 0 Å². The summed E-state index contributed by atoms with van der Waals surface area (Å²) in [5.74, 6) is -0.547. The highest BCUT2D eigenvalue weighted by molar-refractivity contribution is 7.91. The van der Waals surface area contributed by atoms with E-state index >= 15 is 0 Å². The molecule has 2 aliphatic rings. The lowest BCUT2D eigenvalue weighted by molar-refractivity contribution is -0.117. The molecule has 0 bridgehead atoms. The van der Waals surface area contributed by atoms with E-state index in [1.165, 1.54) is 25.7 Å². The Morgan fingerprint density at radius 1 is 1.25 bits per heavy atom. The van der Waals surface area contributed by atoms with Crippen LogP contribution in [0.1, 0.15) is 32.1 Å². The number of rotatable bonds is 9. The maximum atomic E-state index is 11.9. The molecule has 1 heterocycles. The normalized spacial score (nSPS) is 23.4. The number of carbonyl (C=O) groups is 1. The Balaban J connectivity index is 1.77. The van der Waals surface area contributed by atoms with Gasteiger partial charge in [-0.2, -0.15) is 0 Å². The largest absolute Gasteiger partial charge is 0.370 e. The van der Waals surface area contributed by atoms with Gasteiger partial charge in [-0.05, 0) is 32.2 Å². The molecule has 0 spiro atoms. The molecule has 2 rings (SSSR count). The van der Waals surface area contributed by atoms with Gasteiger partial charge in [0.1, 0.15) is 0 Å². The summed E-state index contributed by atoms with van der Waals surface area (Å²) >= 11 is 0. The first-order valence-electron chi connectivity index (χ1n) is 7.42. The van der Waals surface area contributed by atoms with Gasteiger partial charge < -0.3 is 11.1 Å². The second-order valence-electron chi connectivity index (χ2n) is 5.89. The van der Waals surface area contributed by atoms with E-state index in [4.69, 9.17) is 5.73 Å². The van der Waals surface area contributed by atoms with Crippen LogP contribution in [0.2, 0.25) is 0 Å². The molecule has 0 aromatic carbocycles. The van der Waals surface area contributed by atoms with Crippen LogP contribution < -0.4 is 11.1 Å². The molecule has 1 saturated heterocycles. The number of carbonyl (C=O) groups excluding carboxylic acids is 1. The number of primary amides is 1. The molecule has 20 heavy (non-hydrogen) atoms. The van der Waals surface area contributed by atoms with Crippen molar-refractivity contribution in [2.24, 2.45) is 5.73 Å². The van der Waals surface area contributed by atoms with E-state index in [1.807, 2.05) is 0 Å². The van der Waals surface area contributed by atoms with Crippen LogP contribution in [-0.2, 0) is 14.6 Å². The molecule has 116 valence electrons. The van der Waals surface area contributed by atoms with Gasteiger partial charge in [0.25, 0.3) is 0 Å². The van der Waals surface area contributed by atoms with Crippen molar-refractivity contribution in [3.05, 3.63) is 0 Å². The first-order valence-corrected chi connectivity index (χ1v) is 9.24. The van der Waals surface area contributed by atoms with Gasteiger partial charge in [0.2, 0.25) is 5.91 Å². The van der Waals surface area contributed by atoms with Crippen molar-refractivity contribution in [1.29, 1.82) is 0 Å². The number of hydrogen-bond acceptors (Lipinski definition) is 5. The first kappa shape index (κ1) is 15.7. The van der Waals surface area contributed by atoms with E-state index < -0.39 is 15.7 Å². The number of nitrogens with zero attached hydrogens (tertiary/aromatic N) is 1. The Hall–Kier alpha value is -0.660. The Labute approximate surface area is 121 Å². The van der Waals surface area contributed by atoms with E-state index in [2.05, 4.69) is 10.2 Å². The Morgan fingerprint density at radius 3 is 2.55 bits per heavy atom. The van der Waals surface area contributed by atoms with Crippen LogP contribution in [0.5, 0.6) is 0 Å². The van der Waals surface area contributed by atoms with Crippen LogP contribution in [0.4, 0.5) is 0 Å². The average Bonchev–Trinajstić information content (AvgIpc) is 3.10. The van der Waals surface area contributed by atoms with Crippen LogP contribution in [0.25, 0.3) is 0 Å². The van der Waals surface area contributed by atoms with Crippen molar-refractivity contribution >= 4 is 15.7 Å². The molecule has 1 aliphatic carbocycles.